The Hall–Kier alpha value is -8.52. The highest BCUT2D eigenvalue weighted by atomic mass is 16.6. The van der Waals surface area contributed by atoms with Gasteiger partial charge in [-0.15, -0.1) is 0 Å². The van der Waals surface area contributed by atoms with Crippen LogP contribution in [0.25, 0.3) is 33.4 Å². The number of allylic oxidation sites excluding steroid dienone is 6. The van der Waals surface area contributed by atoms with Crippen molar-refractivity contribution in [1.82, 2.24) is 39.8 Å². The van der Waals surface area contributed by atoms with Crippen LogP contribution in [0.4, 0.5) is 16.6 Å². The number of aliphatic hydroxyl groups is 2. The highest BCUT2D eigenvalue weighted by Gasteiger charge is 2.53. The molecule has 2 bridgehead atoms. The van der Waals surface area contributed by atoms with Crippen LogP contribution in [0.3, 0.4) is 0 Å². The minimum Gasteiger partial charge on any atom is -0.461 e. The fraction of sp³-hybridized carbons (Fsp3) is 0.660. The number of piperidine rings is 1. The first kappa shape index (κ1) is 101. The summed E-state index contributed by atoms with van der Waals surface area (Å²) in [7, 11) is 4.64. The van der Waals surface area contributed by atoms with Crippen LogP contribution in [0.1, 0.15) is 161 Å². The minimum absolute atomic E-state index is 0.0288. The first-order valence-electron chi connectivity index (χ1n) is 45.5. The van der Waals surface area contributed by atoms with Crippen molar-refractivity contribution in [3.63, 3.8) is 0 Å². The van der Waals surface area contributed by atoms with Crippen LogP contribution in [0, 0.1) is 35.5 Å². The molecule has 0 unspecified atom stereocenters. The van der Waals surface area contributed by atoms with Gasteiger partial charge in [-0.1, -0.05) is 96.2 Å². The largest absolute Gasteiger partial charge is 0.461 e. The number of esters is 1. The molecule has 0 spiro atoms. The van der Waals surface area contributed by atoms with Gasteiger partial charge in [0.1, 0.15) is 53.8 Å². The predicted molar refractivity (Wildman–Crippen MR) is 475 cm³/mol. The summed E-state index contributed by atoms with van der Waals surface area (Å²) >= 11 is 0. The SMILES string of the molecule is CC\C1=C/C=C/C=C/[C@@H](C)C[C@@H](C)C(=O)[C@H](OC)[C@H](O)/C(C)=C/[C@@H](C)CC[C@@H]([C@H](C)C[C@@H]2CC[C@@H](OC(=O)NCCOCCOCCOCCOCCOCCOCCOCCOCCC(=O)N3CCc4cc(Cn5nc(-c6ccc7oc(N)nc7c6)c6c(N)ncnc65)ccc4C3)[C@H](OC)C2)OC(=O)[C@@H]2CCCCN2C(=O)C(=O)[C@]2(O)O[C@@H](CC[C@H]2C)C[C@@H]1OC. The lowest BCUT2D eigenvalue weighted by Crippen LogP contribution is -2.61. The number of methoxy groups -OCH3 is 3. The number of nitrogens with zero attached hydrogens (tertiary/aromatic N) is 7. The molecule has 15 atom stereocenters. The number of aliphatic hydroxyl groups excluding tert-OH is 1. The van der Waals surface area contributed by atoms with Crippen LogP contribution in [0.5, 0.6) is 0 Å². The quantitative estimate of drug-likeness (QED) is 0.0106. The van der Waals surface area contributed by atoms with Gasteiger partial charge in [-0.05, 0) is 167 Å². The Bertz CT molecular complexity index is 4440. The maximum Gasteiger partial charge on any atom is 0.407 e. The second-order valence-electron chi connectivity index (χ2n) is 34.2. The molecule has 33 heteroatoms. The number of carbonyl (C=O) groups excluding carboxylic acids is 6. The van der Waals surface area contributed by atoms with E-state index in [1.807, 2.05) is 92.8 Å². The van der Waals surface area contributed by atoms with Gasteiger partial charge >= 0.3 is 12.1 Å². The van der Waals surface area contributed by atoms with E-state index in [9.17, 15) is 39.0 Å². The number of amides is 3. The smallest absolute Gasteiger partial charge is 0.407 e. The zero-order valence-electron chi connectivity index (χ0n) is 76.0. The Balaban J connectivity index is 0.550. The molecule has 10 rings (SSSR count). The van der Waals surface area contributed by atoms with Crippen LogP contribution in [-0.2, 0) is 110 Å². The highest BCUT2D eigenvalue weighted by Crippen LogP contribution is 2.40. The number of hydrogen-bond donors (Lipinski definition) is 5. The lowest BCUT2D eigenvalue weighted by molar-refractivity contribution is -0.265. The number of carbonyl (C=O) groups is 6. The molecular weight excluding hydrogens is 1640 g/mol. The van der Waals surface area contributed by atoms with Crippen molar-refractivity contribution in [3.8, 4) is 11.3 Å². The lowest BCUT2D eigenvalue weighted by atomic mass is 9.78. The number of ketones is 2. The summed E-state index contributed by atoms with van der Waals surface area (Å²) in [6, 6.07) is 10.8. The van der Waals surface area contributed by atoms with Gasteiger partial charge in [0.05, 0.1) is 142 Å². The number of aromatic nitrogens is 5. The number of oxazole rings is 1. The Labute approximate surface area is 746 Å². The Morgan fingerprint density at radius 2 is 1.39 bits per heavy atom. The van der Waals surface area contributed by atoms with E-state index >= 15 is 0 Å². The van der Waals surface area contributed by atoms with Gasteiger partial charge in [-0.3, -0.25) is 19.2 Å². The third-order valence-electron chi connectivity index (χ3n) is 24.8. The molecule has 5 aromatic rings. The molecule has 7 heterocycles. The summed E-state index contributed by atoms with van der Waals surface area (Å²) in [5.74, 6) is -6.37. The monoisotopic (exact) mass is 1770 g/mol. The van der Waals surface area contributed by atoms with Crippen LogP contribution in [0.2, 0.25) is 0 Å². The van der Waals surface area contributed by atoms with Crippen molar-refractivity contribution in [1.29, 1.82) is 0 Å². The molecule has 1 saturated carbocycles. The van der Waals surface area contributed by atoms with Gasteiger partial charge in [0, 0.05) is 71.3 Å². The van der Waals surface area contributed by atoms with E-state index in [4.69, 9.17) is 87.3 Å². The number of nitrogen functional groups attached to an aromatic ring is 2. The second kappa shape index (κ2) is 51.8. The van der Waals surface area contributed by atoms with Crippen molar-refractivity contribution in [2.24, 2.45) is 35.5 Å². The summed E-state index contributed by atoms with van der Waals surface area (Å²) in [5, 5.41) is 32.3. The van der Waals surface area contributed by atoms with Crippen molar-refractivity contribution in [2.75, 3.05) is 158 Å². The maximum atomic E-state index is 14.8. The number of alkyl carbamates (subject to hydrolysis) is 1. The van der Waals surface area contributed by atoms with Crippen molar-refractivity contribution in [3.05, 3.63) is 107 Å². The molecule has 127 heavy (non-hydrogen) atoms. The van der Waals surface area contributed by atoms with E-state index < -0.39 is 90.1 Å². The summed E-state index contributed by atoms with van der Waals surface area (Å²) in [6.45, 7) is 21.3. The standard InChI is InChI=1S/C94H138N10O23/c1-11-69-18-14-12-13-17-61(2)51-64(5)84(106)86(115-10)85(107)65(6)52-62(3)20-27-76(124-91(110)75-19-15-16-33-103(75)90(109)87(108)94(112)66(7)21-26-73(127-94)57-79(69)113-8)63(4)53-67-23-28-78(80(55-67)114-9)126-93(111)97-32-36-117-38-40-119-42-44-121-46-48-123-50-49-122-47-45-120-43-41-118-39-37-116-35-31-81(105)102-34-30-70-54-68(22-24-72(70)59-102)58-104-89-82(88(95)98-60-99-89)83(101-104)71-25-29-77-74(56-71)100-92(96)125-77/h12-14,17-18,22,24-25,29,52,54,56,60-64,66-67,73,75-76,78-80,85-86,107,112H,11,15-16,19-21,23,26-28,30-51,53,55,57-59H2,1-10H3,(H2,96,100)(H,97,111)(H2,95,98,99)/b14-12+,17-13+,65-52+,69-18+/t61-,62+,63-,64-,66-,67+,73+,75+,76+,78-,79+,80-,85-,86+,94-/m1/s1. The summed E-state index contributed by atoms with van der Waals surface area (Å²) in [6.07, 6.45) is 15.9. The topological polar surface area (TPSA) is 412 Å². The molecule has 1 aliphatic carbocycles. The number of hydrogen-bond acceptors (Lipinski definition) is 29. The normalized spacial score (nSPS) is 27.0. The number of nitrogens with two attached hydrogens (primary N) is 2. The number of benzene rings is 2. The maximum absolute atomic E-state index is 14.8. The molecule has 4 aliphatic heterocycles. The predicted octanol–water partition coefficient (Wildman–Crippen LogP) is 10.4. The first-order valence-corrected chi connectivity index (χ1v) is 45.5. The number of Topliss-reactive ketones (excluding diaryl/α,β-unsaturated/α-hetero) is 2. The molecule has 0 radical (unpaired) electrons. The minimum atomic E-state index is -2.44. The zero-order valence-corrected chi connectivity index (χ0v) is 76.0. The van der Waals surface area contributed by atoms with Crippen LogP contribution in [0.15, 0.2) is 94.7 Å². The molecular formula is C94H138N10O23. The van der Waals surface area contributed by atoms with Gasteiger partial charge in [-0.2, -0.15) is 10.1 Å². The van der Waals surface area contributed by atoms with Crippen LogP contribution < -0.4 is 16.8 Å². The van der Waals surface area contributed by atoms with Gasteiger partial charge in [0.15, 0.2) is 17.0 Å². The average molecular weight is 1780 g/mol. The number of rotatable bonds is 38. The Kier molecular flexibility index (Phi) is 41.0. The van der Waals surface area contributed by atoms with Gasteiger partial charge < -0.3 is 108 Å². The fourth-order valence-electron chi connectivity index (χ4n) is 17.6. The molecule has 702 valence electrons. The zero-order chi connectivity index (χ0) is 90.8. The average Bonchev–Trinajstić information content (AvgIpc) is 1.74. The molecule has 7 N–H and O–H groups in total. The van der Waals surface area contributed by atoms with E-state index in [2.05, 4.69) is 38.5 Å². The first-order chi connectivity index (χ1) is 61.4. The molecule has 2 saturated heterocycles. The third kappa shape index (κ3) is 29.8. The van der Waals surface area contributed by atoms with E-state index in [1.165, 1.54) is 23.9 Å². The Morgan fingerprint density at radius 1 is 0.709 bits per heavy atom. The van der Waals surface area contributed by atoms with Crippen LogP contribution >= 0.6 is 0 Å². The summed E-state index contributed by atoms with van der Waals surface area (Å²) < 4.78 is 88.9. The second-order valence-corrected chi connectivity index (χ2v) is 34.2. The van der Waals surface area contributed by atoms with Crippen LogP contribution in [-0.4, -0.2) is 281 Å². The van der Waals surface area contributed by atoms with E-state index in [0.29, 0.717) is 241 Å². The van der Waals surface area contributed by atoms with Crippen molar-refractivity contribution >= 4 is 69.4 Å². The van der Waals surface area contributed by atoms with Gasteiger partial charge in [0.25, 0.3) is 17.7 Å². The van der Waals surface area contributed by atoms with E-state index in [1.54, 1.807) is 34.1 Å². The number of nitrogens with one attached hydrogen (secondary N) is 1. The van der Waals surface area contributed by atoms with Gasteiger partial charge in [0.2, 0.25) is 11.7 Å². The molecule has 3 aromatic heterocycles. The van der Waals surface area contributed by atoms with Crippen molar-refractivity contribution in [2.45, 2.75) is 219 Å². The number of cyclic esters (lactones) is 1. The lowest BCUT2D eigenvalue weighted by Gasteiger charge is -2.43. The highest BCUT2D eigenvalue weighted by molar-refractivity contribution is 6.39. The van der Waals surface area contributed by atoms with E-state index in [-0.39, 0.29) is 73.9 Å². The molecule has 5 aliphatic rings. The molecule has 3 amide bonds. The van der Waals surface area contributed by atoms with E-state index in [0.717, 1.165) is 28.7 Å². The Morgan fingerprint density at radius 3 is 2.06 bits per heavy atom. The van der Waals surface area contributed by atoms with Gasteiger partial charge in [-0.25, -0.2) is 24.2 Å². The third-order valence-corrected chi connectivity index (χ3v) is 24.8. The molecule has 33 nitrogen and oxygen atoms in total. The van der Waals surface area contributed by atoms with Crippen molar-refractivity contribution < 1.29 is 110 Å². The fourth-order valence-corrected chi connectivity index (χ4v) is 17.6. The number of fused-ring (bicyclic) bond motifs is 6. The summed E-state index contributed by atoms with van der Waals surface area (Å²) in [5.41, 5.74) is 20.3. The number of ether oxygens (including phenoxy) is 14. The molecule has 2 aromatic carbocycles. The number of anilines is 2. The summed E-state index contributed by atoms with van der Waals surface area (Å²) in [4.78, 5) is 100. The molecule has 3 fully saturated rings.